The molecule has 0 saturated carbocycles. The third kappa shape index (κ3) is 2.78. The summed E-state index contributed by atoms with van der Waals surface area (Å²) in [4.78, 5) is 21.3. The smallest absolute Gasteiger partial charge is 0.305 e. The Bertz CT molecular complexity index is 207. The van der Waals surface area contributed by atoms with E-state index in [9.17, 15) is 9.59 Å². The number of carbonyl (C=O) groups excluding carboxylic acids is 2. The van der Waals surface area contributed by atoms with E-state index in [4.69, 9.17) is 9.47 Å². The van der Waals surface area contributed by atoms with Crippen molar-refractivity contribution >= 4 is 12.3 Å². The third-order valence-electron chi connectivity index (χ3n) is 2.15. The Hall–Kier alpha value is -0.940. The summed E-state index contributed by atoms with van der Waals surface area (Å²) in [6.45, 7) is 0.935. The maximum Gasteiger partial charge on any atom is 0.305 e. The fraction of sp³-hybridized carbons (Fsp3) is 0.778. The van der Waals surface area contributed by atoms with Crippen LogP contribution < -0.4 is 0 Å². The van der Waals surface area contributed by atoms with Gasteiger partial charge in [0.25, 0.3) is 0 Å². The standard InChI is InChI=1S/C9H14O5/c1-12-8(11)2-3-9(4-5-10)13-6-7-14-9/h5H,2-4,6-7H2,1H3. The second kappa shape index (κ2) is 5.07. The lowest BCUT2D eigenvalue weighted by molar-refractivity contribution is -0.173. The van der Waals surface area contributed by atoms with Gasteiger partial charge >= 0.3 is 5.97 Å². The van der Waals surface area contributed by atoms with Crippen molar-refractivity contribution in [3.63, 3.8) is 0 Å². The molecule has 1 saturated heterocycles. The van der Waals surface area contributed by atoms with Crippen molar-refractivity contribution in [3.8, 4) is 0 Å². The zero-order chi connectivity index (χ0) is 10.4. The molecule has 14 heavy (non-hydrogen) atoms. The van der Waals surface area contributed by atoms with Crippen LogP contribution in [0.4, 0.5) is 0 Å². The molecular weight excluding hydrogens is 188 g/mol. The van der Waals surface area contributed by atoms with Crippen molar-refractivity contribution < 1.29 is 23.8 Å². The first kappa shape index (κ1) is 11.1. The van der Waals surface area contributed by atoms with Gasteiger partial charge in [-0.1, -0.05) is 0 Å². The Kier molecular flexibility index (Phi) is 4.03. The van der Waals surface area contributed by atoms with E-state index in [0.29, 0.717) is 19.6 Å². The highest BCUT2D eigenvalue weighted by Crippen LogP contribution is 2.27. The first-order chi connectivity index (χ1) is 6.72. The molecule has 0 bridgehead atoms. The van der Waals surface area contributed by atoms with Crippen molar-refractivity contribution in [2.45, 2.75) is 25.0 Å². The molecule has 80 valence electrons. The predicted molar refractivity (Wildman–Crippen MR) is 46.6 cm³/mol. The van der Waals surface area contributed by atoms with Crippen LogP contribution in [0.15, 0.2) is 0 Å². The average molecular weight is 202 g/mol. The van der Waals surface area contributed by atoms with E-state index in [-0.39, 0.29) is 18.8 Å². The van der Waals surface area contributed by atoms with Gasteiger partial charge in [0, 0.05) is 6.42 Å². The molecule has 5 heteroatoms. The maximum atomic E-state index is 10.9. The van der Waals surface area contributed by atoms with Crippen LogP contribution in [0, 0.1) is 0 Å². The van der Waals surface area contributed by atoms with Gasteiger partial charge in [-0.15, -0.1) is 0 Å². The monoisotopic (exact) mass is 202 g/mol. The van der Waals surface area contributed by atoms with E-state index in [1.807, 2.05) is 0 Å². The van der Waals surface area contributed by atoms with Crippen LogP contribution in [0.5, 0.6) is 0 Å². The van der Waals surface area contributed by atoms with Gasteiger partial charge in [-0.05, 0) is 0 Å². The summed E-state index contributed by atoms with van der Waals surface area (Å²) in [5.41, 5.74) is 0. The van der Waals surface area contributed by atoms with Crippen LogP contribution in [-0.2, 0) is 23.8 Å². The Morgan fingerprint density at radius 3 is 2.64 bits per heavy atom. The summed E-state index contributed by atoms with van der Waals surface area (Å²) in [7, 11) is 1.32. The predicted octanol–water partition coefficient (Wildman–Crippen LogP) is 0.272. The van der Waals surface area contributed by atoms with Gasteiger partial charge in [-0.25, -0.2) is 0 Å². The molecule has 1 aliphatic rings. The summed E-state index contributed by atoms with van der Waals surface area (Å²) >= 11 is 0. The van der Waals surface area contributed by atoms with Crippen molar-refractivity contribution in [3.05, 3.63) is 0 Å². The molecule has 1 fully saturated rings. The first-order valence-electron chi connectivity index (χ1n) is 4.51. The number of methoxy groups -OCH3 is 1. The van der Waals surface area contributed by atoms with Crippen LogP contribution in [0.2, 0.25) is 0 Å². The number of rotatable bonds is 5. The minimum absolute atomic E-state index is 0.157. The fourth-order valence-corrected chi connectivity index (χ4v) is 1.38. The molecule has 1 aliphatic heterocycles. The molecule has 0 spiro atoms. The number of hydrogen-bond donors (Lipinski definition) is 0. The molecule has 0 aromatic heterocycles. The SMILES string of the molecule is COC(=O)CCC1(CC=O)OCCO1. The molecule has 0 atom stereocenters. The van der Waals surface area contributed by atoms with Gasteiger partial charge in [0.15, 0.2) is 5.79 Å². The topological polar surface area (TPSA) is 61.8 Å². The summed E-state index contributed by atoms with van der Waals surface area (Å²) in [6.07, 6.45) is 1.45. The number of carbonyl (C=O) groups is 2. The van der Waals surface area contributed by atoms with Gasteiger partial charge in [-0.3, -0.25) is 4.79 Å². The lowest BCUT2D eigenvalue weighted by Crippen LogP contribution is -2.31. The van der Waals surface area contributed by atoms with E-state index in [1.165, 1.54) is 7.11 Å². The average Bonchev–Trinajstić information content (AvgIpc) is 2.64. The van der Waals surface area contributed by atoms with Crippen molar-refractivity contribution in [1.82, 2.24) is 0 Å². The van der Waals surface area contributed by atoms with E-state index in [2.05, 4.69) is 4.74 Å². The van der Waals surface area contributed by atoms with Crippen molar-refractivity contribution in [1.29, 1.82) is 0 Å². The molecule has 0 aliphatic carbocycles. The van der Waals surface area contributed by atoms with Gasteiger partial charge in [-0.2, -0.15) is 0 Å². The number of aldehydes is 1. The van der Waals surface area contributed by atoms with Crippen LogP contribution in [0.1, 0.15) is 19.3 Å². The van der Waals surface area contributed by atoms with Crippen LogP contribution in [-0.4, -0.2) is 38.4 Å². The molecule has 1 heterocycles. The van der Waals surface area contributed by atoms with Crippen molar-refractivity contribution in [2.24, 2.45) is 0 Å². The number of esters is 1. The highest BCUT2D eigenvalue weighted by molar-refractivity contribution is 5.69. The Labute approximate surface area is 82.3 Å². The van der Waals surface area contributed by atoms with Gasteiger partial charge in [0.05, 0.1) is 33.2 Å². The number of ether oxygens (including phenoxy) is 3. The largest absolute Gasteiger partial charge is 0.469 e. The fourth-order valence-electron chi connectivity index (χ4n) is 1.38. The van der Waals surface area contributed by atoms with E-state index in [1.54, 1.807) is 0 Å². The van der Waals surface area contributed by atoms with Gasteiger partial charge < -0.3 is 19.0 Å². The quantitative estimate of drug-likeness (QED) is 0.473. The normalized spacial score (nSPS) is 19.2. The lowest BCUT2D eigenvalue weighted by atomic mass is 10.1. The molecule has 0 radical (unpaired) electrons. The Balaban J connectivity index is 2.43. The minimum atomic E-state index is -0.893. The Morgan fingerprint density at radius 2 is 2.14 bits per heavy atom. The maximum absolute atomic E-state index is 10.9. The van der Waals surface area contributed by atoms with Crippen molar-refractivity contribution in [2.75, 3.05) is 20.3 Å². The third-order valence-corrected chi connectivity index (χ3v) is 2.15. The molecule has 0 unspecified atom stereocenters. The zero-order valence-electron chi connectivity index (χ0n) is 8.15. The first-order valence-corrected chi connectivity index (χ1v) is 4.51. The van der Waals surface area contributed by atoms with E-state index < -0.39 is 5.79 Å². The molecular formula is C9H14O5. The van der Waals surface area contributed by atoms with Crippen LogP contribution in [0.3, 0.4) is 0 Å². The Morgan fingerprint density at radius 1 is 1.50 bits per heavy atom. The summed E-state index contributed by atoms with van der Waals surface area (Å²) in [5, 5.41) is 0. The minimum Gasteiger partial charge on any atom is -0.469 e. The number of hydrogen-bond acceptors (Lipinski definition) is 5. The van der Waals surface area contributed by atoms with E-state index in [0.717, 1.165) is 6.29 Å². The highest BCUT2D eigenvalue weighted by atomic mass is 16.7. The molecule has 0 amide bonds. The van der Waals surface area contributed by atoms with Crippen LogP contribution in [0.25, 0.3) is 0 Å². The summed E-state index contributed by atoms with van der Waals surface area (Å²) < 4.78 is 15.1. The van der Waals surface area contributed by atoms with E-state index >= 15 is 0 Å². The summed E-state index contributed by atoms with van der Waals surface area (Å²) in [5.74, 6) is -1.22. The molecule has 5 nitrogen and oxygen atoms in total. The zero-order valence-corrected chi connectivity index (χ0v) is 8.15. The highest BCUT2D eigenvalue weighted by Gasteiger charge is 2.36. The molecule has 0 aromatic rings. The lowest BCUT2D eigenvalue weighted by Gasteiger charge is -2.24. The molecule has 0 N–H and O–H groups in total. The van der Waals surface area contributed by atoms with Gasteiger partial charge in [0.1, 0.15) is 6.29 Å². The second-order valence-electron chi connectivity index (χ2n) is 3.05. The second-order valence-corrected chi connectivity index (χ2v) is 3.05. The van der Waals surface area contributed by atoms with Gasteiger partial charge in [0.2, 0.25) is 0 Å². The molecule has 1 rings (SSSR count). The molecule has 0 aromatic carbocycles. The van der Waals surface area contributed by atoms with Crippen LogP contribution >= 0.6 is 0 Å². The summed E-state index contributed by atoms with van der Waals surface area (Å²) in [6, 6.07) is 0.